The van der Waals surface area contributed by atoms with Gasteiger partial charge < -0.3 is 10.5 Å². The zero-order chi connectivity index (χ0) is 21.5. The lowest BCUT2D eigenvalue weighted by Crippen LogP contribution is -2.59. The fourth-order valence-electron chi connectivity index (χ4n) is 4.52. The molecule has 2 heterocycles. The molecule has 0 radical (unpaired) electrons. The molecule has 4 rings (SSSR count). The molecule has 0 aromatic carbocycles. The average Bonchev–Trinajstić information content (AvgIpc) is 3.50. The molecule has 1 spiro atoms. The molecule has 2 atom stereocenters. The molecule has 1 saturated heterocycles. The molecule has 2 N–H and O–H groups in total. The minimum absolute atomic E-state index is 0.0572. The largest absolute Gasteiger partial charge is 0.490 e. The number of nitrogens with two attached hydrogens (primary N) is 1. The van der Waals surface area contributed by atoms with E-state index in [4.69, 9.17) is 10.5 Å². The highest BCUT2D eigenvalue weighted by Gasteiger charge is 2.61. The number of carbonyl (C=O) groups excluding carboxylic acids is 1. The standard InChI is InChI=1S/C21H25F3N4O2/c1-2-11-30-17-14(13-3-8-26-12-27-13)15(19(25)29)21(24,18(23)16(17)22)28-9-6-20(4-5-20)7-10-28/h3,8,12,15H,2,4-7,9-11H2,1H3,(H2,25,29). The second kappa shape index (κ2) is 7.68. The van der Waals surface area contributed by atoms with Crippen molar-refractivity contribution in [2.45, 2.75) is 44.8 Å². The van der Waals surface area contributed by atoms with Crippen LogP contribution in [0.15, 0.2) is 36.0 Å². The first-order valence-corrected chi connectivity index (χ1v) is 10.3. The Morgan fingerprint density at radius 3 is 2.53 bits per heavy atom. The molecule has 1 saturated carbocycles. The first-order chi connectivity index (χ1) is 14.3. The van der Waals surface area contributed by atoms with E-state index in [0.717, 1.165) is 12.8 Å². The predicted octanol–water partition coefficient (Wildman–Crippen LogP) is 3.42. The summed E-state index contributed by atoms with van der Waals surface area (Å²) in [6.45, 7) is 2.27. The van der Waals surface area contributed by atoms with Crippen molar-refractivity contribution in [3.63, 3.8) is 0 Å². The van der Waals surface area contributed by atoms with Gasteiger partial charge in [-0.2, -0.15) is 4.39 Å². The van der Waals surface area contributed by atoms with E-state index in [1.165, 1.54) is 23.5 Å². The third kappa shape index (κ3) is 3.29. The van der Waals surface area contributed by atoms with Gasteiger partial charge in [0.15, 0.2) is 11.6 Å². The number of primary amides is 1. The molecule has 1 amide bonds. The molecule has 2 unspecified atom stereocenters. The van der Waals surface area contributed by atoms with E-state index in [9.17, 15) is 4.79 Å². The zero-order valence-corrected chi connectivity index (χ0v) is 16.8. The van der Waals surface area contributed by atoms with Crippen LogP contribution >= 0.6 is 0 Å². The van der Waals surface area contributed by atoms with Gasteiger partial charge in [-0.3, -0.25) is 9.69 Å². The first kappa shape index (κ1) is 20.8. The van der Waals surface area contributed by atoms with Gasteiger partial charge in [-0.15, -0.1) is 0 Å². The monoisotopic (exact) mass is 422 g/mol. The maximum atomic E-state index is 16.5. The predicted molar refractivity (Wildman–Crippen MR) is 103 cm³/mol. The number of carbonyl (C=O) groups is 1. The number of likely N-dealkylation sites (tertiary alicyclic amines) is 1. The highest BCUT2D eigenvalue weighted by Crippen LogP contribution is 2.57. The van der Waals surface area contributed by atoms with Crippen LogP contribution in [-0.4, -0.2) is 46.3 Å². The Morgan fingerprint density at radius 1 is 1.30 bits per heavy atom. The van der Waals surface area contributed by atoms with Crippen LogP contribution in [0.4, 0.5) is 13.2 Å². The smallest absolute Gasteiger partial charge is 0.235 e. The number of hydrogen-bond donors (Lipinski definition) is 1. The molecule has 0 bridgehead atoms. The number of alkyl halides is 1. The number of amides is 1. The van der Waals surface area contributed by atoms with E-state index < -0.39 is 35.0 Å². The Hall–Kier alpha value is -2.42. The van der Waals surface area contributed by atoms with Crippen molar-refractivity contribution >= 4 is 11.5 Å². The summed E-state index contributed by atoms with van der Waals surface area (Å²) in [5, 5.41) is 0. The Kier molecular flexibility index (Phi) is 5.34. The molecule has 9 heteroatoms. The molecule has 2 aliphatic carbocycles. The van der Waals surface area contributed by atoms with Crippen molar-refractivity contribution in [3.8, 4) is 0 Å². The van der Waals surface area contributed by atoms with Gasteiger partial charge in [-0.25, -0.2) is 18.7 Å². The molecule has 1 aromatic heterocycles. The Balaban J connectivity index is 1.84. The van der Waals surface area contributed by atoms with Crippen LogP contribution in [0.2, 0.25) is 0 Å². The van der Waals surface area contributed by atoms with E-state index in [1.807, 2.05) is 0 Å². The van der Waals surface area contributed by atoms with Gasteiger partial charge >= 0.3 is 0 Å². The van der Waals surface area contributed by atoms with Crippen molar-refractivity contribution in [1.29, 1.82) is 0 Å². The minimum Gasteiger partial charge on any atom is -0.490 e. The molecular weight excluding hydrogens is 397 g/mol. The maximum absolute atomic E-state index is 16.5. The number of piperidine rings is 1. The maximum Gasteiger partial charge on any atom is 0.235 e. The van der Waals surface area contributed by atoms with Crippen molar-refractivity contribution in [2.75, 3.05) is 19.7 Å². The van der Waals surface area contributed by atoms with Crippen LogP contribution in [0.5, 0.6) is 0 Å². The quantitative estimate of drug-likeness (QED) is 0.711. The summed E-state index contributed by atoms with van der Waals surface area (Å²) >= 11 is 0. The number of rotatable bonds is 6. The second-order valence-electron chi connectivity index (χ2n) is 8.31. The molecule has 30 heavy (non-hydrogen) atoms. The van der Waals surface area contributed by atoms with Crippen LogP contribution in [0.25, 0.3) is 5.57 Å². The highest BCUT2D eigenvalue weighted by atomic mass is 19.2. The van der Waals surface area contributed by atoms with Gasteiger partial charge in [0.1, 0.15) is 12.2 Å². The molecule has 162 valence electrons. The van der Waals surface area contributed by atoms with E-state index in [-0.39, 0.29) is 36.4 Å². The van der Waals surface area contributed by atoms with Crippen LogP contribution < -0.4 is 5.73 Å². The van der Waals surface area contributed by atoms with Crippen LogP contribution in [0.3, 0.4) is 0 Å². The van der Waals surface area contributed by atoms with Crippen molar-refractivity contribution in [2.24, 2.45) is 17.1 Å². The number of ether oxygens (including phenoxy) is 1. The number of hydrogen-bond acceptors (Lipinski definition) is 5. The number of aromatic nitrogens is 2. The fourth-order valence-corrected chi connectivity index (χ4v) is 4.52. The van der Waals surface area contributed by atoms with Crippen LogP contribution in [-0.2, 0) is 9.53 Å². The zero-order valence-electron chi connectivity index (χ0n) is 16.8. The lowest BCUT2D eigenvalue weighted by Gasteiger charge is -2.46. The summed E-state index contributed by atoms with van der Waals surface area (Å²) in [5.41, 5.74) is 5.66. The minimum atomic E-state index is -3.04. The summed E-state index contributed by atoms with van der Waals surface area (Å²) in [5.74, 6) is -9.61. The normalized spacial score (nSPS) is 28.7. The van der Waals surface area contributed by atoms with Crippen LogP contribution in [0, 0.1) is 11.3 Å². The van der Waals surface area contributed by atoms with Gasteiger partial charge in [0.25, 0.3) is 0 Å². The van der Waals surface area contributed by atoms with Crippen molar-refractivity contribution in [1.82, 2.24) is 14.9 Å². The Labute approximate surface area is 173 Å². The highest BCUT2D eigenvalue weighted by molar-refractivity contribution is 5.94. The van der Waals surface area contributed by atoms with Gasteiger partial charge in [0.05, 0.1) is 12.3 Å². The van der Waals surface area contributed by atoms with Gasteiger partial charge in [0.2, 0.25) is 17.5 Å². The van der Waals surface area contributed by atoms with Crippen molar-refractivity contribution in [3.05, 3.63) is 41.7 Å². The summed E-state index contributed by atoms with van der Waals surface area (Å²) in [6.07, 6.45) is 6.53. The number of nitrogens with zero attached hydrogens (tertiary/aromatic N) is 3. The van der Waals surface area contributed by atoms with E-state index in [0.29, 0.717) is 19.3 Å². The van der Waals surface area contributed by atoms with Gasteiger partial charge in [-0.05, 0) is 43.6 Å². The molecule has 1 aromatic rings. The topological polar surface area (TPSA) is 81.3 Å². The van der Waals surface area contributed by atoms with Gasteiger partial charge in [0, 0.05) is 24.9 Å². The lowest BCUT2D eigenvalue weighted by molar-refractivity contribution is -0.134. The third-order valence-corrected chi connectivity index (χ3v) is 6.45. The lowest BCUT2D eigenvalue weighted by atomic mass is 9.78. The average molecular weight is 422 g/mol. The Bertz CT molecular complexity index is 891. The van der Waals surface area contributed by atoms with E-state index in [1.54, 1.807) is 6.92 Å². The molecule has 2 fully saturated rings. The SMILES string of the molecule is CCCOC1=C(c2ccncn2)C(C(N)=O)C(F)(N2CCC3(CC2)CC3)C(F)=C1F. The van der Waals surface area contributed by atoms with Gasteiger partial charge in [-0.1, -0.05) is 6.92 Å². The first-order valence-electron chi connectivity index (χ1n) is 10.3. The molecule has 1 aliphatic heterocycles. The third-order valence-electron chi connectivity index (χ3n) is 6.45. The number of allylic oxidation sites excluding steroid dienone is 1. The summed E-state index contributed by atoms with van der Waals surface area (Å²) in [4.78, 5) is 21.6. The summed E-state index contributed by atoms with van der Waals surface area (Å²) in [7, 11) is 0. The molecule has 6 nitrogen and oxygen atoms in total. The fraction of sp³-hybridized carbons (Fsp3) is 0.571. The molecular formula is C21H25F3N4O2. The van der Waals surface area contributed by atoms with Crippen molar-refractivity contribution < 1.29 is 22.7 Å². The van der Waals surface area contributed by atoms with E-state index >= 15 is 13.2 Å². The summed E-state index contributed by atoms with van der Waals surface area (Å²) < 4.78 is 52.5. The number of halogens is 3. The second-order valence-corrected chi connectivity index (χ2v) is 8.31. The van der Waals surface area contributed by atoms with Crippen LogP contribution in [0.1, 0.15) is 44.7 Å². The summed E-state index contributed by atoms with van der Waals surface area (Å²) in [6, 6.07) is 1.40. The van der Waals surface area contributed by atoms with E-state index in [2.05, 4.69) is 9.97 Å². The Morgan fingerprint density at radius 2 is 2.00 bits per heavy atom. The molecule has 3 aliphatic rings.